The van der Waals surface area contributed by atoms with Gasteiger partial charge in [0.2, 0.25) is 0 Å². The van der Waals surface area contributed by atoms with E-state index in [0.29, 0.717) is 6.54 Å². The fraction of sp³-hybridized carbons (Fsp3) is 0.750. The summed E-state index contributed by atoms with van der Waals surface area (Å²) in [7, 11) is 0. The molecular weight excluding hydrogens is 223 g/mol. The molecule has 1 saturated carbocycles. The highest BCUT2D eigenvalue weighted by molar-refractivity contribution is 5.85. The van der Waals surface area contributed by atoms with E-state index in [-0.39, 0.29) is 24.8 Å². The van der Waals surface area contributed by atoms with Crippen molar-refractivity contribution in [1.82, 2.24) is 15.0 Å². The smallest absolute Gasteiger partial charge is 0.0839 e. The Balaban J connectivity index is 0.000000845. The van der Waals surface area contributed by atoms with Crippen LogP contribution in [0.1, 0.15) is 18.5 Å². The number of rotatable bonds is 4. The Hall–Kier alpha value is -0.320. The maximum atomic E-state index is 5.41. The van der Waals surface area contributed by atoms with E-state index in [1.165, 1.54) is 12.8 Å². The van der Waals surface area contributed by atoms with Crippen molar-refractivity contribution in [3.63, 3.8) is 0 Å². The van der Waals surface area contributed by atoms with Gasteiger partial charge in [0.15, 0.2) is 0 Å². The van der Waals surface area contributed by atoms with E-state index in [1.807, 2.05) is 10.9 Å². The summed E-state index contributed by atoms with van der Waals surface area (Å²) >= 11 is 0. The van der Waals surface area contributed by atoms with Gasteiger partial charge < -0.3 is 5.73 Å². The Kier molecular flexibility index (Phi) is 6.08. The standard InChI is InChI=1S/C8H14N4.2ClH/c9-4-3-8-6-12(11-10-8)5-7-1-2-7;;/h6-7H,1-5,9H2;2*1H. The predicted molar refractivity (Wildman–Crippen MR) is 60.0 cm³/mol. The molecule has 0 aromatic carbocycles. The van der Waals surface area contributed by atoms with Gasteiger partial charge in [0.1, 0.15) is 0 Å². The second-order valence-electron chi connectivity index (χ2n) is 3.41. The molecule has 2 rings (SSSR count). The minimum atomic E-state index is 0. The van der Waals surface area contributed by atoms with Crippen molar-refractivity contribution in [3.8, 4) is 0 Å². The van der Waals surface area contributed by atoms with Crippen LogP contribution < -0.4 is 5.73 Å². The summed E-state index contributed by atoms with van der Waals surface area (Å²) in [6, 6.07) is 0. The molecule has 1 aromatic heterocycles. The van der Waals surface area contributed by atoms with Crippen LogP contribution in [0.2, 0.25) is 0 Å². The van der Waals surface area contributed by atoms with Crippen LogP contribution in [0.4, 0.5) is 0 Å². The first-order valence-electron chi connectivity index (χ1n) is 4.47. The fourth-order valence-corrected chi connectivity index (χ4v) is 1.26. The van der Waals surface area contributed by atoms with Crippen molar-refractivity contribution < 1.29 is 0 Å². The van der Waals surface area contributed by atoms with Crippen molar-refractivity contribution in [2.75, 3.05) is 6.54 Å². The second kappa shape index (κ2) is 6.22. The molecule has 0 radical (unpaired) electrons. The Morgan fingerprint density at radius 3 is 2.71 bits per heavy atom. The maximum Gasteiger partial charge on any atom is 0.0839 e. The van der Waals surface area contributed by atoms with E-state index in [1.54, 1.807) is 0 Å². The SMILES string of the molecule is Cl.Cl.NCCc1cn(CC2CC2)nn1. The van der Waals surface area contributed by atoms with Gasteiger partial charge in [-0.25, -0.2) is 0 Å². The fourth-order valence-electron chi connectivity index (χ4n) is 1.26. The van der Waals surface area contributed by atoms with E-state index >= 15 is 0 Å². The monoisotopic (exact) mass is 238 g/mol. The number of aromatic nitrogens is 3. The van der Waals surface area contributed by atoms with Gasteiger partial charge in [0, 0.05) is 19.2 Å². The highest BCUT2D eigenvalue weighted by atomic mass is 35.5. The van der Waals surface area contributed by atoms with Gasteiger partial charge in [-0.2, -0.15) is 0 Å². The molecule has 1 aromatic rings. The normalized spacial score (nSPS) is 14.4. The molecule has 0 saturated heterocycles. The first-order chi connectivity index (χ1) is 5.88. The molecule has 1 aliphatic carbocycles. The van der Waals surface area contributed by atoms with Gasteiger partial charge in [0.05, 0.1) is 5.69 Å². The van der Waals surface area contributed by atoms with Crippen LogP contribution >= 0.6 is 24.8 Å². The predicted octanol–water partition coefficient (Wildman–Crippen LogP) is 1.03. The number of nitrogens with two attached hydrogens (primary N) is 1. The van der Waals surface area contributed by atoms with Crippen molar-refractivity contribution in [1.29, 1.82) is 0 Å². The molecule has 14 heavy (non-hydrogen) atoms. The summed E-state index contributed by atoms with van der Waals surface area (Å²) in [6.45, 7) is 1.69. The first kappa shape index (κ1) is 13.7. The summed E-state index contributed by atoms with van der Waals surface area (Å²) in [5.74, 6) is 0.859. The molecule has 0 bridgehead atoms. The summed E-state index contributed by atoms with van der Waals surface area (Å²) in [5.41, 5.74) is 6.42. The van der Waals surface area contributed by atoms with Crippen molar-refractivity contribution in [2.45, 2.75) is 25.8 Å². The number of hydrogen-bond donors (Lipinski definition) is 1. The Bertz CT molecular complexity index is 260. The average molecular weight is 239 g/mol. The van der Waals surface area contributed by atoms with Crippen molar-refractivity contribution in [2.24, 2.45) is 11.7 Å². The zero-order valence-corrected chi connectivity index (χ0v) is 9.56. The van der Waals surface area contributed by atoms with Crippen LogP contribution in [0.5, 0.6) is 0 Å². The first-order valence-corrected chi connectivity index (χ1v) is 4.47. The van der Waals surface area contributed by atoms with Crippen LogP contribution in [0.25, 0.3) is 0 Å². The zero-order chi connectivity index (χ0) is 8.39. The lowest BCUT2D eigenvalue weighted by Gasteiger charge is -1.94. The van der Waals surface area contributed by atoms with Gasteiger partial charge in [-0.15, -0.1) is 29.9 Å². The molecule has 1 heterocycles. The lowest BCUT2D eigenvalue weighted by Crippen LogP contribution is -2.02. The molecule has 6 heteroatoms. The van der Waals surface area contributed by atoms with Gasteiger partial charge >= 0.3 is 0 Å². The van der Waals surface area contributed by atoms with E-state index in [4.69, 9.17) is 5.73 Å². The number of hydrogen-bond acceptors (Lipinski definition) is 3. The minimum absolute atomic E-state index is 0. The molecule has 0 amide bonds. The molecule has 1 aliphatic rings. The highest BCUT2D eigenvalue weighted by Crippen LogP contribution is 2.30. The van der Waals surface area contributed by atoms with Gasteiger partial charge in [-0.05, 0) is 25.3 Å². The minimum Gasteiger partial charge on any atom is -0.330 e. The average Bonchev–Trinajstić information content (AvgIpc) is 2.74. The molecule has 4 nitrogen and oxygen atoms in total. The Morgan fingerprint density at radius 2 is 2.14 bits per heavy atom. The third-order valence-electron chi connectivity index (χ3n) is 2.13. The van der Waals surface area contributed by atoms with Crippen molar-refractivity contribution >= 4 is 24.8 Å². The summed E-state index contributed by atoms with van der Waals surface area (Å²) in [4.78, 5) is 0. The highest BCUT2D eigenvalue weighted by Gasteiger charge is 2.22. The van der Waals surface area contributed by atoms with Crippen LogP contribution in [0.15, 0.2) is 6.20 Å². The zero-order valence-electron chi connectivity index (χ0n) is 7.93. The molecule has 2 N–H and O–H groups in total. The number of nitrogens with zero attached hydrogens (tertiary/aromatic N) is 3. The molecule has 82 valence electrons. The summed E-state index contributed by atoms with van der Waals surface area (Å²) in [6.07, 6.45) is 5.55. The molecule has 1 fully saturated rings. The quantitative estimate of drug-likeness (QED) is 0.853. The Morgan fingerprint density at radius 1 is 1.43 bits per heavy atom. The van der Waals surface area contributed by atoms with E-state index in [0.717, 1.165) is 24.6 Å². The van der Waals surface area contributed by atoms with E-state index in [9.17, 15) is 0 Å². The Labute approximate surface area is 96.1 Å². The van der Waals surface area contributed by atoms with Crippen LogP contribution in [0.3, 0.4) is 0 Å². The largest absolute Gasteiger partial charge is 0.330 e. The topological polar surface area (TPSA) is 56.7 Å². The molecular formula is C8H16Cl2N4. The molecule has 0 atom stereocenters. The molecule has 0 spiro atoms. The van der Waals surface area contributed by atoms with Crippen molar-refractivity contribution in [3.05, 3.63) is 11.9 Å². The second-order valence-corrected chi connectivity index (χ2v) is 3.41. The van der Waals surface area contributed by atoms with E-state index < -0.39 is 0 Å². The third-order valence-corrected chi connectivity index (χ3v) is 2.13. The molecule has 0 unspecified atom stereocenters. The lowest BCUT2D eigenvalue weighted by molar-refractivity contribution is 0.544. The summed E-state index contributed by atoms with van der Waals surface area (Å²) < 4.78 is 1.93. The maximum absolute atomic E-state index is 5.41. The third kappa shape index (κ3) is 3.82. The lowest BCUT2D eigenvalue weighted by atomic mass is 10.3. The summed E-state index contributed by atoms with van der Waals surface area (Å²) in [5, 5.41) is 8.05. The van der Waals surface area contributed by atoms with Gasteiger partial charge in [-0.3, -0.25) is 4.68 Å². The number of halogens is 2. The van der Waals surface area contributed by atoms with E-state index in [2.05, 4.69) is 10.3 Å². The van der Waals surface area contributed by atoms with Crippen LogP contribution in [-0.4, -0.2) is 21.5 Å². The van der Waals surface area contributed by atoms with Crippen LogP contribution in [0, 0.1) is 5.92 Å². The van der Waals surface area contributed by atoms with Crippen LogP contribution in [-0.2, 0) is 13.0 Å². The van der Waals surface area contributed by atoms with Gasteiger partial charge in [0.25, 0.3) is 0 Å². The molecule has 0 aliphatic heterocycles. The van der Waals surface area contributed by atoms with Gasteiger partial charge in [-0.1, -0.05) is 5.21 Å².